The van der Waals surface area contributed by atoms with Gasteiger partial charge in [-0.3, -0.25) is 0 Å². The molecule has 0 atom stereocenters. The van der Waals surface area contributed by atoms with E-state index < -0.39 is 5.97 Å². The Morgan fingerprint density at radius 2 is 2.00 bits per heavy atom. The van der Waals surface area contributed by atoms with E-state index in [1.807, 2.05) is 0 Å². The summed E-state index contributed by atoms with van der Waals surface area (Å²) in [6.45, 7) is 0.439. The first-order valence-electron chi connectivity index (χ1n) is 4.94. The average molecular weight is 303 g/mol. The highest BCUT2D eigenvalue weighted by molar-refractivity contribution is 7.11. The zero-order chi connectivity index (χ0) is 13.1. The van der Waals surface area contributed by atoms with Crippen molar-refractivity contribution in [2.24, 2.45) is 0 Å². The van der Waals surface area contributed by atoms with E-state index >= 15 is 0 Å². The summed E-state index contributed by atoms with van der Waals surface area (Å²) in [6.07, 6.45) is 0. The number of aromatic carboxylic acids is 1. The van der Waals surface area contributed by atoms with Crippen molar-refractivity contribution in [2.75, 3.05) is 5.32 Å². The number of nitrogens with zero attached hydrogens (tertiary/aromatic N) is 1. The Hall–Kier alpha value is -1.30. The lowest BCUT2D eigenvalue weighted by molar-refractivity contribution is 0.0697. The first kappa shape index (κ1) is 13.1. The number of carboxylic acid groups (broad SMARTS) is 1. The number of rotatable bonds is 4. The summed E-state index contributed by atoms with van der Waals surface area (Å²) in [6, 6.07) is 6.43. The predicted molar refractivity (Wildman–Crippen MR) is 72.9 cm³/mol. The third-order valence-electron chi connectivity index (χ3n) is 2.25. The molecule has 0 aliphatic rings. The number of anilines is 1. The van der Waals surface area contributed by atoms with Crippen molar-refractivity contribution in [1.29, 1.82) is 0 Å². The molecule has 0 radical (unpaired) electrons. The quantitative estimate of drug-likeness (QED) is 0.902. The summed E-state index contributed by atoms with van der Waals surface area (Å²) in [5, 5.41) is 12.3. The van der Waals surface area contributed by atoms with Crippen LogP contribution in [-0.4, -0.2) is 15.4 Å². The second-order valence-electron chi connectivity index (χ2n) is 3.45. The van der Waals surface area contributed by atoms with Crippen LogP contribution in [0.5, 0.6) is 0 Å². The van der Waals surface area contributed by atoms with E-state index in [4.69, 9.17) is 28.3 Å². The topological polar surface area (TPSA) is 62.2 Å². The van der Waals surface area contributed by atoms with Crippen LogP contribution < -0.4 is 5.32 Å². The van der Waals surface area contributed by atoms with E-state index in [1.54, 1.807) is 12.1 Å². The highest BCUT2D eigenvalue weighted by atomic mass is 35.5. The van der Waals surface area contributed by atoms with Gasteiger partial charge in [0.15, 0.2) is 0 Å². The molecule has 1 heterocycles. The Labute approximate surface area is 117 Å². The minimum atomic E-state index is -0.948. The van der Waals surface area contributed by atoms with Crippen molar-refractivity contribution >= 4 is 46.4 Å². The molecule has 2 aromatic rings. The standard InChI is InChI=1S/C11H8Cl2N2O2S/c12-9-8(15-18-10(9)13)5-14-7-3-1-6(2-4-7)11(16)17/h1-4,14H,5H2,(H,16,17). The maximum absolute atomic E-state index is 10.7. The van der Waals surface area contributed by atoms with Crippen molar-refractivity contribution < 1.29 is 9.90 Å². The van der Waals surface area contributed by atoms with E-state index in [1.165, 1.54) is 12.1 Å². The minimum absolute atomic E-state index is 0.246. The number of hydrogen-bond acceptors (Lipinski definition) is 4. The number of benzene rings is 1. The third-order valence-corrected chi connectivity index (χ3v) is 3.94. The van der Waals surface area contributed by atoms with Crippen molar-refractivity contribution in [2.45, 2.75) is 6.54 Å². The molecule has 0 saturated carbocycles. The Bertz CT molecular complexity index is 569. The molecule has 0 amide bonds. The van der Waals surface area contributed by atoms with E-state index in [2.05, 4.69) is 9.69 Å². The Kier molecular flexibility index (Phi) is 4.06. The minimum Gasteiger partial charge on any atom is -0.478 e. The molecule has 0 spiro atoms. The largest absolute Gasteiger partial charge is 0.478 e. The lowest BCUT2D eigenvalue weighted by atomic mass is 10.2. The van der Waals surface area contributed by atoms with Crippen LogP contribution in [0.15, 0.2) is 24.3 Å². The number of carboxylic acids is 1. The van der Waals surface area contributed by atoms with Gasteiger partial charge in [0.05, 0.1) is 22.8 Å². The molecule has 0 fully saturated rings. The van der Waals surface area contributed by atoms with Gasteiger partial charge in [-0.1, -0.05) is 23.2 Å². The maximum Gasteiger partial charge on any atom is 0.335 e. The summed E-state index contributed by atoms with van der Waals surface area (Å²) in [5.41, 5.74) is 1.71. The summed E-state index contributed by atoms with van der Waals surface area (Å²) < 4.78 is 4.56. The van der Waals surface area contributed by atoms with Gasteiger partial charge in [-0.15, -0.1) is 0 Å². The molecule has 0 aliphatic heterocycles. The zero-order valence-electron chi connectivity index (χ0n) is 8.98. The monoisotopic (exact) mass is 302 g/mol. The fourth-order valence-electron chi connectivity index (χ4n) is 1.32. The second-order valence-corrected chi connectivity index (χ2v) is 5.21. The molecule has 94 valence electrons. The highest BCUT2D eigenvalue weighted by Gasteiger charge is 2.09. The molecule has 7 heteroatoms. The Balaban J connectivity index is 2.02. The van der Waals surface area contributed by atoms with Gasteiger partial charge in [-0.2, -0.15) is 4.37 Å². The van der Waals surface area contributed by atoms with Crippen molar-refractivity contribution in [1.82, 2.24) is 4.37 Å². The predicted octanol–water partition coefficient (Wildman–Crippen LogP) is 3.76. The van der Waals surface area contributed by atoms with Gasteiger partial charge >= 0.3 is 5.97 Å². The molecule has 2 N–H and O–H groups in total. The van der Waals surface area contributed by atoms with Gasteiger partial charge in [-0.05, 0) is 35.8 Å². The fraction of sp³-hybridized carbons (Fsp3) is 0.0909. The molecule has 1 aromatic heterocycles. The van der Waals surface area contributed by atoms with Crippen molar-refractivity contribution in [3.8, 4) is 0 Å². The number of nitrogens with one attached hydrogen (secondary N) is 1. The average Bonchev–Trinajstić information content (AvgIpc) is 2.68. The van der Waals surface area contributed by atoms with E-state index in [0.29, 0.717) is 21.6 Å². The van der Waals surface area contributed by atoms with Crippen molar-refractivity contribution in [3.05, 3.63) is 44.9 Å². The van der Waals surface area contributed by atoms with Crippen LogP contribution in [0.2, 0.25) is 9.36 Å². The third kappa shape index (κ3) is 2.93. The van der Waals surface area contributed by atoms with Gasteiger partial charge in [0.2, 0.25) is 0 Å². The van der Waals surface area contributed by atoms with Crippen LogP contribution in [0, 0.1) is 0 Å². The summed E-state index contributed by atoms with van der Waals surface area (Å²) in [4.78, 5) is 10.7. The molecule has 0 aliphatic carbocycles. The van der Waals surface area contributed by atoms with Gasteiger partial charge in [0.1, 0.15) is 4.34 Å². The smallest absolute Gasteiger partial charge is 0.335 e. The zero-order valence-corrected chi connectivity index (χ0v) is 11.3. The molecule has 0 bridgehead atoms. The van der Waals surface area contributed by atoms with Crippen LogP contribution >= 0.6 is 34.7 Å². The first-order chi connectivity index (χ1) is 8.58. The van der Waals surface area contributed by atoms with E-state index in [-0.39, 0.29) is 5.56 Å². The van der Waals surface area contributed by atoms with Gasteiger partial charge in [0.25, 0.3) is 0 Å². The summed E-state index contributed by atoms with van der Waals surface area (Å²) in [5.74, 6) is -0.948. The summed E-state index contributed by atoms with van der Waals surface area (Å²) in [7, 11) is 0. The lowest BCUT2D eigenvalue weighted by Gasteiger charge is -2.05. The van der Waals surface area contributed by atoms with Crippen LogP contribution in [-0.2, 0) is 6.54 Å². The first-order valence-corrected chi connectivity index (χ1v) is 6.47. The van der Waals surface area contributed by atoms with Crippen LogP contribution in [0.25, 0.3) is 0 Å². The van der Waals surface area contributed by atoms with E-state index in [9.17, 15) is 4.79 Å². The maximum atomic E-state index is 10.7. The Morgan fingerprint density at radius 3 is 2.50 bits per heavy atom. The van der Waals surface area contributed by atoms with Gasteiger partial charge in [0, 0.05) is 5.69 Å². The van der Waals surface area contributed by atoms with Crippen LogP contribution in [0.4, 0.5) is 5.69 Å². The van der Waals surface area contributed by atoms with Crippen LogP contribution in [0.3, 0.4) is 0 Å². The van der Waals surface area contributed by atoms with E-state index in [0.717, 1.165) is 17.2 Å². The summed E-state index contributed by atoms with van der Waals surface area (Å²) >= 11 is 12.9. The number of hydrogen-bond donors (Lipinski definition) is 2. The molecule has 4 nitrogen and oxygen atoms in total. The second kappa shape index (κ2) is 5.56. The number of halogens is 2. The molecule has 0 saturated heterocycles. The molecule has 2 rings (SSSR count). The Morgan fingerprint density at radius 1 is 1.33 bits per heavy atom. The van der Waals surface area contributed by atoms with Gasteiger partial charge < -0.3 is 10.4 Å². The highest BCUT2D eigenvalue weighted by Crippen LogP contribution is 2.29. The molecular weight excluding hydrogens is 295 g/mol. The van der Waals surface area contributed by atoms with Crippen LogP contribution in [0.1, 0.15) is 16.1 Å². The molecule has 0 unspecified atom stereocenters. The molecular formula is C11H8Cl2N2O2S. The number of carbonyl (C=O) groups is 1. The number of aromatic nitrogens is 1. The lowest BCUT2D eigenvalue weighted by Crippen LogP contribution is -2.01. The van der Waals surface area contributed by atoms with Crippen molar-refractivity contribution in [3.63, 3.8) is 0 Å². The van der Waals surface area contributed by atoms with Gasteiger partial charge in [-0.25, -0.2) is 4.79 Å². The SMILES string of the molecule is O=C(O)c1ccc(NCc2nsc(Cl)c2Cl)cc1. The molecule has 1 aromatic carbocycles. The molecule has 18 heavy (non-hydrogen) atoms. The normalized spacial score (nSPS) is 10.3. The fourth-order valence-corrected chi connectivity index (χ4v) is 2.33.